The molecule has 1 N–H and O–H groups in total. The van der Waals surface area contributed by atoms with E-state index >= 15 is 0 Å². The van der Waals surface area contributed by atoms with Crippen molar-refractivity contribution >= 4 is 27.5 Å². The van der Waals surface area contributed by atoms with Gasteiger partial charge in [-0.2, -0.15) is 0 Å². The number of carbonyl (C=O) groups excluding carboxylic acids is 1. The van der Waals surface area contributed by atoms with E-state index in [4.69, 9.17) is 9.26 Å². The van der Waals surface area contributed by atoms with Crippen LogP contribution in [0.4, 0.5) is 0 Å². The van der Waals surface area contributed by atoms with Crippen molar-refractivity contribution < 1.29 is 14.1 Å². The lowest BCUT2D eigenvalue weighted by Crippen LogP contribution is -2.26. The topological polar surface area (TPSA) is 103 Å². The number of rotatable bonds is 7. The fourth-order valence-corrected chi connectivity index (χ4v) is 3.85. The average Bonchev–Trinajstić information content (AvgIpc) is 3.30. The monoisotopic (exact) mass is 423 g/mol. The molecule has 0 radical (unpaired) electrons. The average molecular weight is 423 g/mol. The molecular weight excluding hydrogens is 402 g/mol. The summed E-state index contributed by atoms with van der Waals surface area (Å²) in [6, 6.07) is 9.25. The lowest BCUT2D eigenvalue weighted by Gasteiger charge is -2.04. The number of fused-ring (bicyclic) bond motifs is 1. The summed E-state index contributed by atoms with van der Waals surface area (Å²) >= 11 is 1.64. The number of thiazole rings is 1. The van der Waals surface area contributed by atoms with Crippen LogP contribution < -0.4 is 10.1 Å². The molecule has 1 amide bonds. The largest absolute Gasteiger partial charge is 0.485 e. The Balaban J connectivity index is 1.29. The Morgan fingerprint density at radius 1 is 1.10 bits per heavy atom. The minimum atomic E-state index is -0.311. The Kier molecular flexibility index (Phi) is 5.71. The third-order valence-electron chi connectivity index (χ3n) is 4.30. The SMILES string of the molecule is Cc1cc(C)nc(CCNC(=O)c2cc(COc3ccc4sc(C)nc4c3)on2)n1. The summed E-state index contributed by atoms with van der Waals surface area (Å²) < 4.78 is 12.1. The highest BCUT2D eigenvalue weighted by atomic mass is 32.1. The predicted molar refractivity (Wildman–Crippen MR) is 113 cm³/mol. The van der Waals surface area contributed by atoms with Crippen LogP contribution in [0.2, 0.25) is 0 Å². The minimum absolute atomic E-state index is 0.172. The Labute approximate surface area is 177 Å². The first-order valence-electron chi connectivity index (χ1n) is 9.51. The number of amides is 1. The molecule has 0 atom stereocenters. The van der Waals surface area contributed by atoms with Crippen LogP contribution in [0, 0.1) is 20.8 Å². The van der Waals surface area contributed by atoms with Gasteiger partial charge in [0.2, 0.25) is 0 Å². The van der Waals surface area contributed by atoms with Gasteiger partial charge < -0.3 is 14.6 Å². The van der Waals surface area contributed by atoms with Gasteiger partial charge >= 0.3 is 0 Å². The third-order valence-corrected chi connectivity index (χ3v) is 5.25. The van der Waals surface area contributed by atoms with Crippen LogP contribution in [0.3, 0.4) is 0 Å². The van der Waals surface area contributed by atoms with Gasteiger partial charge in [-0.25, -0.2) is 15.0 Å². The number of aryl methyl sites for hydroxylation is 3. The summed E-state index contributed by atoms with van der Waals surface area (Å²) in [5.41, 5.74) is 2.93. The molecule has 0 bridgehead atoms. The molecule has 30 heavy (non-hydrogen) atoms. The Hall–Kier alpha value is -3.33. The van der Waals surface area contributed by atoms with Crippen molar-refractivity contribution in [2.24, 2.45) is 0 Å². The van der Waals surface area contributed by atoms with Crippen LogP contribution in [-0.2, 0) is 13.0 Å². The number of benzene rings is 1. The standard InChI is InChI=1S/C21H21N5O3S/c1-12-8-13(2)24-20(23-12)6-7-22-21(27)18-10-16(29-26-18)11-28-15-4-5-19-17(9-15)25-14(3)30-19/h4-5,8-10H,6-7,11H2,1-3H3,(H,22,27). The van der Waals surface area contributed by atoms with Gasteiger partial charge in [-0.05, 0) is 39.0 Å². The first-order valence-corrected chi connectivity index (χ1v) is 10.3. The third kappa shape index (κ3) is 4.80. The van der Waals surface area contributed by atoms with Crippen LogP contribution in [0.15, 0.2) is 34.9 Å². The summed E-state index contributed by atoms with van der Waals surface area (Å²) in [6.07, 6.45) is 0.542. The van der Waals surface area contributed by atoms with Gasteiger partial charge in [-0.15, -0.1) is 11.3 Å². The molecule has 4 aromatic rings. The quantitative estimate of drug-likeness (QED) is 0.485. The van der Waals surface area contributed by atoms with E-state index in [1.807, 2.05) is 45.0 Å². The number of aromatic nitrogens is 4. The summed E-state index contributed by atoms with van der Waals surface area (Å²) in [7, 11) is 0. The Morgan fingerprint density at radius 3 is 2.70 bits per heavy atom. The number of ether oxygens (including phenoxy) is 1. The van der Waals surface area contributed by atoms with Crippen molar-refractivity contribution in [3.05, 3.63) is 64.0 Å². The summed E-state index contributed by atoms with van der Waals surface area (Å²) in [6.45, 7) is 6.40. The lowest BCUT2D eigenvalue weighted by molar-refractivity contribution is 0.0944. The number of carbonyl (C=O) groups is 1. The Morgan fingerprint density at radius 2 is 1.90 bits per heavy atom. The molecule has 8 nitrogen and oxygen atoms in total. The van der Waals surface area contributed by atoms with E-state index in [-0.39, 0.29) is 18.2 Å². The molecule has 4 rings (SSSR count). The van der Waals surface area contributed by atoms with E-state index in [1.54, 1.807) is 17.4 Å². The van der Waals surface area contributed by atoms with E-state index in [1.165, 1.54) is 0 Å². The van der Waals surface area contributed by atoms with E-state index in [0.717, 1.165) is 26.6 Å². The lowest BCUT2D eigenvalue weighted by atomic mass is 10.3. The van der Waals surface area contributed by atoms with Gasteiger partial charge in [0.25, 0.3) is 5.91 Å². The second-order valence-corrected chi connectivity index (χ2v) is 8.14. The zero-order valence-electron chi connectivity index (χ0n) is 16.9. The van der Waals surface area contributed by atoms with Crippen molar-refractivity contribution in [3.8, 4) is 5.75 Å². The van der Waals surface area contributed by atoms with Crippen molar-refractivity contribution in [2.45, 2.75) is 33.8 Å². The molecule has 0 saturated carbocycles. The summed E-state index contributed by atoms with van der Waals surface area (Å²) in [4.78, 5) is 25.5. The molecule has 154 valence electrons. The molecule has 9 heteroatoms. The molecular formula is C21H21N5O3S. The first-order chi connectivity index (χ1) is 14.5. The number of nitrogens with zero attached hydrogens (tertiary/aromatic N) is 4. The van der Waals surface area contributed by atoms with Gasteiger partial charge in [0.1, 0.15) is 18.2 Å². The zero-order chi connectivity index (χ0) is 21.1. The highest BCUT2D eigenvalue weighted by molar-refractivity contribution is 7.18. The Bertz CT molecular complexity index is 1180. The summed E-state index contributed by atoms with van der Waals surface area (Å²) in [5.74, 6) is 1.54. The second kappa shape index (κ2) is 8.58. The van der Waals surface area contributed by atoms with Gasteiger partial charge in [0.15, 0.2) is 11.5 Å². The maximum absolute atomic E-state index is 12.3. The summed E-state index contributed by atoms with van der Waals surface area (Å²) in [5, 5.41) is 7.64. The minimum Gasteiger partial charge on any atom is -0.485 e. The maximum atomic E-state index is 12.3. The van der Waals surface area contributed by atoms with Crippen molar-refractivity contribution in [3.63, 3.8) is 0 Å². The van der Waals surface area contributed by atoms with Crippen molar-refractivity contribution in [1.29, 1.82) is 0 Å². The van der Waals surface area contributed by atoms with Crippen LogP contribution in [0.25, 0.3) is 10.2 Å². The fraction of sp³-hybridized carbons (Fsp3) is 0.286. The van der Waals surface area contributed by atoms with Gasteiger partial charge in [-0.1, -0.05) is 5.16 Å². The highest BCUT2D eigenvalue weighted by Crippen LogP contribution is 2.26. The van der Waals surface area contributed by atoms with Gasteiger partial charge in [0, 0.05) is 36.5 Å². The number of hydrogen-bond donors (Lipinski definition) is 1. The van der Waals surface area contributed by atoms with Crippen LogP contribution >= 0.6 is 11.3 Å². The van der Waals surface area contributed by atoms with E-state index in [0.29, 0.717) is 30.3 Å². The zero-order valence-corrected chi connectivity index (χ0v) is 17.7. The first kappa shape index (κ1) is 20.0. The molecule has 0 saturated heterocycles. The predicted octanol–water partition coefficient (Wildman–Crippen LogP) is 3.55. The van der Waals surface area contributed by atoms with Gasteiger partial charge in [-0.3, -0.25) is 4.79 Å². The smallest absolute Gasteiger partial charge is 0.273 e. The number of hydrogen-bond acceptors (Lipinski definition) is 8. The molecule has 0 spiro atoms. The molecule has 3 aromatic heterocycles. The maximum Gasteiger partial charge on any atom is 0.273 e. The normalized spacial score (nSPS) is 11.0. The fourth-order valence-electron chi connectivity index (χ4n) is 3.04. The molecule has 0 aliphatic carbocycles. The van der Waals surface area contributed by atoms with Crippen LogP contribution in [0.1, 0.15) is 38.5 Å². The second-order valence-electron chi connectivity index (χ2n) is 6.90. The van der Waals surface area contributed by atoms with E-state index in [9.17, 15) is 4.79 Å². The van der Waals surface area contributed by atoms with Crippen molar-refractivity contribution in [2.75, 3.05) is 6.54 Å². The highest BCUT2D eigenvalue weighted by Gasteiger charge is 2.13. The van der Waals surface area contributed by atoms with E-state index in [2.05, 4.69) is 25.4 Å². The molecule has 0 fully saturated rings. The molecule has 1 aromatic carbocycles. The van der Waals surface area contributed by atoms with Crippen molar-refractivity contribution in [1.82, 2.24) is 25.4 Å². The molecule has 3 heterocycles. The van der Waals surface area contributed by atoms with E-state index < -0.39 is 0 Å². The number of nitrogens with one attached hydrogen (secondary N) is 1. The molecule has 0 aliphatic heterocycles. The molecule has 0 unspecified atom stereocenters. The molecule has 0 aliphatic rings. The van der Waals surface area contributed by atoms with Gasteiger partial charge in [0.05, 0.1) is 15.2 Å². The van der Waals surface area contributed by atoms with Crippen LogP contribution in [0.5, 0.6) is 5.75 Å². The van der Waals surface area contributed by atoms with Crippen LogP contribution in [-0.4, -0.2) is 32.6 Å².